The van der Waals surface area contributed by atoms with Crippen LogP contribution < -0.4 is 16.0 Å². The smallest absolute Gasteiger partial charge is 0.322 e. The fourth-order valence-electron chi connectivity index (χ4n) is 3.83. The van der Waals surface area contributed by atoms with Gasteiger partial charge in [-0.25, -0.2) is 4.79 Å². The predicted octanol–water partition coefficient (Wildman–Crippen LogP) is 2.55. The van der Waals surface area contributed by atoms with Gasteiger partial charge in [0.2, 0.25) is 0 Å². The van der Waals surface area contributed by atoms with Gasteiger partial charge in [-0.1, -0.05) is 18.2 Å². The molecule has 1 aromatic carbocycles. The van der Waals surface area contributed by atoms with Crippen molar-refractivity contribution in [1.29, 1.82) is 0 Å². The van der Waals surface area contributed by atoms with E-state index >= 15 is 0 Å². The standard InChI is InChI=1S/C18H21N3O2S/c22-16-18(21-17(23)20-16)8-5-13(6-9-18)19-10-7-12-11-24-15-4-2-1-3-14(12)15/h1-4,11,13,19H,5-10H2,(H2,20,21,22,23). The van der Waals surface area contributed by atoms with E-state index in [0.29, 0.717) is 18.9 Å². The summed E-state index contributed by atoms with van der Waals surface area (Å²) < 4.78 is 1.34. The van der Waals surface area contributed by atoms with E-state index in [1.54, 1.807) is 11.3 Å². The maximum atomic E-state index is 11.9. The molecule has 0 atom stereocenters. The van der Waals surface area contributed by atoms with Crippen LogP contribution in [0, 0.1) is 0 Å². The quantitative estimate of drug-likeness (QED) is 0.747. The number of hydrogen-bond donors (Lipinski definition) is 3. The van der Waals surface area contributed by atoms with E-state index in [-0.39, 0.29) is 11.9 Å². The van der Waals surface area contributed by atoms with Crippen LogP contribution in [0.15, 0.2) is 29.6 Å². The number of fused-ring (bicyclic) bond motifs is 1. The number of nitrogens with one attached hydrogen (secondary N) is 3. The molecule has 3 N–H and O–H groups in total. The molecule has 126 valence electrons. The van der Waals surface area contributed by atoms with E-state index in [4.69, 9.17) is 0 Å². The highest BCUT2D eigenvalue weighted by Gasteiger charge is 2.47. The molecule has 3 amide bonds. The largest absolute Gasteiger partial charge is 0.323 e. The van der Waals surface area contributed by atoms with E-state index in [1.165, 1.54) is 15.6 Å². The average molecular weight is 343 g/mol. The van der Waals surface area contributed by atoms with Crippen molar-refractivity contribution in [2.45, 2.75) is 43.7 Å². The highest BCUT2D eigenvalue weighted by molar-refractivity contribution is 7.17. The first-order valence-corrected chi connectivity index (χ1v) is 9.36. The molecule has 2 heterocycles. The summed E-state index contributed by atoms with van der Waals surface area (Å²) in [6.45, 7) is 0.941. The lowest BCUT2D eigenvalue weighted by molar-refractivity contribution is -0.125. The Hall–Kier alpha value is -1.92. The van der Waals surface area contributed by atoms with Gasteiger partial charge in [-0.2, -0.15) is 0 Å². The Morgan fingerprint density at radius 1 is 1.21 bits per heavy atom. The summed E-state index contributed by atoms with van der Waals surface area (Å²) in [5, 5.41) is 12.4. The van der Waals surface area contributed by atoms with Gasteiger partial charge in [0.05, 0.1) is 0 Å². The summed E-state index contributed by atoms with van der Waals surface area (Å²) in [5.41, 5.74) is 0.747. The summed E-state index contributed by atoms with van der Waals surface area (Å²) in [6, 6.07) is 8.59. The molecule has 1 saturated heterocycles. The minimum absolute atomic E-state index is 0.157. The number of rotatable bonds is 4. The summed E-state index contributed by atoms with van der Waals surface area (Å²) in [5.74, 6) is -0.157. The summed E-state index contributed by atoms with van der Waals surface area (Å²) in [6.07, 6.45) is 4.27. The topological polar surface area (TPSA) is 70.2 Å². The van der Waals surface area contributed by atoms with Crippen molar-refractivity contribution in [2.24, 2.45) is 0 Å². The molecule has 0 unspecified atom stereocenters. The summed E-state index contributed by atoms with van der Waals surface area (Å²) in [7, 11) is 0. The van der Waals surface area contributed by atoms with Crippen LogP contribution in [0.5, 0.6) is 0 Å². The lowest BCUT2D eigenvalue weighted by atomic mass is 9.79. The highest BCUT2D eigenvalue weighted by Crippen LogP contribution is 2.31. The van der Waals surface area contributed by atoms with Crippen LogP contribution in [0.1, 0.15) is 31.2 Å². The van der Waals surface area contributed by atoms with Gasteiger partial charge in [0.25, 0.3) is 5.91 Å². The molecule has 5 nitrogen and oxygen atoms in total. The van der Waals surface area contributed by atoms with Crippen molar-refractivity contribution < 1.29 is 9.59 Å². The number of amides is 3. The first-order valence-electron chi connectivity index (χ1n) is 8.48. The molecule has 2 aromatic rings. The van der Waals surface area contributed by atoms with Gasteiger partial charge >= 0.3 is 6.03 Å². The van der Waals surface area contributed by atoms with Crippen LogP contribution in [-0.2, 0) is 11.2 Å². The first kappa shape index (κ1) is 15.6. The number of thiophene rings is 1. The summed E-state index contributed by atoms with van der Waals surface area (Å²) >= 11 is 1.80. The second-order valence-electron chi connectivity index (χ2n) is 6.73. The molecule has 1 saturated carbocycles. The second kappa shape index (κ2) is 6.18. The molecule has 4 rings (SSSR count). The normalized spacial score (nSPS) is 26.8. The molecule has 6 heteroatoms. The zero-order chi connectivity index (χ0) is 16.6. The number of hydrogen-bond acceptors (Lipinski definition) is 4. The van der Waals surface area contributed by atoms with Crippen molar-refractivity contribution in [3.63, 3.8) is 0 Å². The molecular formula is C18H21N3O2S. The Morgan fingerprint density at radius 3 is 2.75 bits per heavy atom. The number of carbonyl (C=O) groups excluding carboxylic acids is 2. The SMILES string of the molecule is O=C1NC(=O)C2(CCC(NCCc3csc4ccccc34)CC2)N1. The summed E-state index contributed by atoms with van der Waals surface area (Å²) in [4.78, 5) is 23.3. The lowest BCUT2D eigenvalue weighted by Crippen LogP contribution is -2.52. The molecular weight excluding hydrogens is 322 g/mol. The van der Waals surface area contributed by atoms with Crippen molar-refractivity contribution in [1.82, 2.24) is 16.0 Å². The third-order valence-corrected chi connectivity index (χ3v) is 6.25. The molecule has 1 aliphatic heterocycles. The lowest BCUT2D eigenvalue weighted by Gasteiger charge is -2.35. The monoisotopic (exact) mass is 343 g/mol. The van der Waals surface area contributed by atoms with Crippen molar-refractivity contribution in [3.05, 3.63) is 35.2 Å². The fraction of sp³-hybridized carbons (Fsp3) is 0.444. The van der Waals surface area contributed by atoms with Gasteiger partial charge in [-0.05, 0) is 61.0 Å². The minimum Gasteiger partial charge on any atom is -0.323 e. The third kappa shape index (κ3) is 2.80. The predicted molar refractivity (Wildman–Crippen MR) is 95.2 cm³/mol. The zero-order valence-electron chi connectivity index (χ0n) is 13.4. The van der Waals surface area contributed by atoms with Gasteiger partial charge in [0, 0.05) is 10.7 Å². The number of imide groups is 1. The van der Waals surface area contributed by atoms with E-state index in [9.17, 15) is 9.59 Å². The average Bonchev–Trinajstić information content (AvgIpc) is 3.11. The van der Waals surface area contributed by atoms with E-state index in [2.05, 4.69) is 45.6 Å². The van der Waals surface area contributed by atoms with Crippen LogP contribution >= 0.6 is 11.3 Å². The molecule has 1 aliphatic carbocycles. The fourth-order valence-corrected chi connectivity index (χ4v) is 4.83. The number of carbonyl (C=O) groups is 2. The van der Waals surface area contributed by atoms with Gasteiger partial charge in [0.15, 0.2) is 0 Å². The van der Waals surface area contributed by atoms with Gasteiger partial charge in [-0.15, -0.1) is 11.3 Å². The zero-order valence-corrected chi connectivity index (χ0v) is 14.2. The van der Waals surface area contributed by atoms with Crippen LogP contribution in [0.4, 0.5) is 4.79 Å². The van der Waals surface area contributed by atoms with Crippen LogP contribution in [-0.4, -0.2) is 30.1 Å². The van der Waals surface area contributed by atoms with Crippen LogP contribution in [0.25, 0.3) is 10.1 Å². The van der Waals surface area contributed by atoms with E-state index in [1.807, 2.05) is 0 Å². The molecule has 2 aliphatic rings. The molecule has 0 radical (unpaired) electrons. The Morgan fingerprint density at radius 2 is 2.00 bits per heavy atom. The number of urea groups is 1. The Labute approximate surface area is 144 Å². The van der Waals surface area contributed by atoms with Crippen molar-refractivity contribution in [2.75, 3.05) is 6.54 Å². The number of benzene rings is 1. The van der Waals surface area contributed by atoms with Crippen LogP contribution in [0.3, 0.4) is 0 Å². The van der Waals surface area contributed by atoms with E-state index in [0.717, 1.165) is 25.8 Å². The van der Waals surface area contributed by atoms with Crippen LogP contribution in [0.2, 0.25) is 0 Å². The van der Waals surface area contributed by atoms with Gasteiger partial charge < -0.3 is 10.6 Å². The maximum absolute atomic E-state index is 11.9. The Balaban J connectivity index is 1.29. The third-order valence-electron chi connectivity index (χ3n) is 5.24. The van der Waals surface area contributed by atoms with Crippen molar-refractivity contribution in [3.8, 4) is 0 Å². The molecule has 1 aromatic heterocycles. The van der Waals surface area contributed by atoms with E-state index < -0.39 is 5.54 Å². The Kier molecular flexibility index (Phi) is 4.02. The van der Waals surface area contributed by atoms with Crippen molar-refractivity contribution >= 4 is 33.4 Å². The Bertz CT molecular complexity index is 777. The van der Waals surface area contributed by atoms with Gasteiger partial charge in [0.1, 0.15) is 5.54 Å². The second-order valence-corrected chi connectivity index (χ2v) is 7.64. The molecule has 1 spiro atoms. The maximum Gasteiger partial charge on any atom is 0.322 e. The molecule has 24 heavy (non-hydrogen) atoms. The molecule has 0 bridgehead atoms. The first-order chi connectivity index (χ1) is 11.7. The van der Waals surface area contributed by atoms with Gasteiger partial charge in [-0.3, -0.25) is 10.1 Å². The minimum atomic E-state index is -0.654. The highest BCUT2D eigenvalue weighted by atomic mass is 32.1. The molecule has 2 fully saturated rings.